The topological polar surface area (TPSA) is 260 Å². The zero-order valence-electron chi connectivity index (χ0n) is 21.9. The van der Waals surface area contributed by atoms with Crippen LogP contribution in [0.2, 0.25) is 0 Å². The van der Waals surface area contributed by atoms with Crippen LogP contribution in [0.4, 0.5) is 0 Å². The molecular weight excluding hydrogens is 564 g/mol. The Kier molecular flexibility index (Phi) is 8.06. The lowest BCUT2D eigenvalue weighted by molar-refractivity contribution is -0.338. The smallest absolute Gasteiger partial charge is 0.197 e. The molecular formula is C27H30O15. The molecule has 228 valence electrons. The van der Waals surface area contributed by atoms with Crippen molar-refractivity contribution in [3.8, 4) is 34.3 Å². The number of benzene rings is 2. The molecule has 0 amide bonds. The molecule has 2 fully saturated rings. The highest BCUT2D eigenvalue weighted by Gasteiger charge is 2.51. The quantitative estimate of drug-likeness (QED) is 0.153. The van der Waals surface area contributed by atoms with E-state index in [0.29, 0.717) is 0 Å². The molecule has 5 rings (SSSR count). The van der Waals surface area contributed by atoms with Crippen molar-refractivity contribution in [2.24, 2.45) is 0 Å². The zero-order chi connectivity index (χ0) is 30.6. The fraction of sp³-hybridized carbons (Fsp3) is 0.444. The van der Waals surface area contributed by atoms with Gasteiger partial charge in [0.15, 0.2) is 28.8 Å². The third kappa shape index (κ3) is 5.04. The van der Waals surface area contributed by atoms with Crippen molar-refractivity contribution in [1.82, 2.24) is 0 Å². The van der Waals surface area contributed by atoms with E-state index in [1.165, 1.54) is 13.0 Å². The van der Waals surface area contributed by atoms with Crippen LogP contribution in [0.3, 0.4) is 0 Å². The van der Waals surface area contributed by atoms with Crippen LogP contribution < -0.4 is 5.43 Å². The molecule has 2 saturated heterocycles. The molecule has 0 saturated carbocycles. The summed E-state index contributed by atoms with van der Waals surface area (Å²) in [7, 11) is 0. The minimum atomic E-state index is -1.89. The SMILES string of the molecule is C[C@@H]1O[C@@H](O[C@@H]2[C@@H](O)[C@H](O)[C@@H](CO)O[C@H]2c2c(O)cc(O)c3c(=O)cc(-c4ccc(O)c(O)c4)oc23)[C@H](O)[C@H](O)[C@H]1O. The molecule has 0 aliphatic carbocycles. The van der Waals surface area contributed by atoms with E-state index in [1.54, 1.807) is 0 Å². The summed E-state index contributed by atoms with van der Waals surface area (Å²) in [5.74, 6) is -2.58. The largest absolute Gasteiger partial charge is 0.507 e. The lowest BCUT2D eigenvalue weighted by Crippen LogP contribution is -2.61. The second kappa shape index (κ2) is 11.3. The van der Waals surface area contributed by atoms with E-state index in [1.807, 2.05) is 0 Å². The summed E-state index contributed by atoms with van der Waals surface area (Å²) in [6, 6.07) is 5.33. The first-order valence-corrected chi connectivity index (χ1v) is 12.9. The van der Waals surface area contributed by atoms with Crippen molar-refractivity contribution in [2.45, 2.75) is 68.1 Å². The number of aliphatic hydroxyl groups is 6. The van der Waals surface area contributed by atoms with E-state index in [9.17, 15) is 55.9 Å². The third-order valence-corrected chi connectivity index (χ3v) is 7.51. The predicted molar refractivity (Wildman–Crippen MR) is 139 cm³/mol. The number of rotatable bonds is 5. The maximum absolute atomic E-state index is 13.2. The molecule has 0 spiro atoms. The molecule has 0 unspecified atom stereocenters. The van der Waals surface area contributed by atoms with E-state index in [2.05, 4.69) is 0 Å². The van der Waals surface area contributed by atoms with Gasteiger partial charge in [0.25, 0.3) is 0 Å². The Labute approximate surface area is 236 Å². The van der Waals surface area contributed by atoms with Gasteiger partial charge in [-0.3, -0.25) is 4.79 Å². The predicted octanol–water partition coefficient (Wildman–Crippen LogP) is -1.35. The number of phenols is 4. The molecule has 3 aromatic rings. The Morgan fingerprint density at radius 1 is 0.786 bits per heavy atom. The molecule has 0 radical (unpaired) electrons. The summed E-state index contributed by atoms with van der Waals surface area (Å²) >= 11 is 0. The van der Waals surface area contributed by atoms with Gasteiger partial charge in [-0.15, -0.1) is 0 Å². The number of fused-ring (bicyclic) bond motifs is 1. The summed E-state index contributed by atoms with van der Waals surface area (Å²) in [6.45, 7) is 0.569. The van der Waals surface area contributed by atoms with Crippen LogP contribution >= 0.6 is 0 Å². The van der Waals surface area contributed by atoms with E-state index in [-0.39, 0.29) is 16.9 Å². The molecule has 0 bridgehead atoms. The highest BCUT2D eigenvalue weighted by Crippen LogP contribution is 2.45. The van der Waals surface area contributed by atoms with E-state index < -0.39 is 107 Å². The van der Waals surface area contributed by atoms with Crippen molar-refractivity contribution < 1.29 is 69.7 Å². The minimum absolute atomic E-state index is 0.111. The van der Waals surface area contributed by atoms with Gasteiger partial charge in [-0.05, 0) is 25.1 Å². The zero-order valence-corrected chi connectivity index (χ0v) is 21.9. The van der Waals surface area contributed by atoms with Crippen LogP contribution in [0.15, 0.2) is 39.5 Å². The Bertz CT molecular complexity index is 1520. The fourth-order valence-electron chi connectivity index (χ4n) is 5.17. The lowest BCUT2D eigenvalue weighted by Gasteiger charge is -2.46. The molecule has 2 aliphatic rings. The fourth-order valence-corrected chi connectivity index (χ4v) is 5.17. The molecule has 15 nitrogen and oxygen atoms in total. The summed E-state index contributed by atoms with van der Waals surface area (Å²) in [6.07, 6.45) is -16.3. The summed E-state index contributed by atoms with van der Waals surface area (Å²) in [5, 5.41) is 103. The minimum Gasteiger partial charge on any atom is -0.507 e. The van der Waals surface area contributed by atoms with Crippen molar-refractivity contribution in [2.75, 3.05) is 6.61 Å². The van der Waals surface area contributed by atoms with Gasteiger partial charge in [-0.2, -0.15) is 0 Å². The van der Waals surface area contributed by atoms with E-state index in [0.717, 1.165) is 24.3 Å². The highest BCUT2D eigenvalue weighted by atomic mass is 16.7. The van der Waals surface area contributed by atoms with Gasteiger partial charge in [0.05, 0.1) is 18.3 Å². The summed E-state index contributed by atoms with van der Waals surface area (Å²) in [4.78, 5) is 13.2. The number of ether oxygens (including phenoxy) is 3. The average Bonchev–Trinajstić information content (AvgIpc) is 2.94. The van der Waals surface area contributed by atoms with Gasteiger partial charge in [0.1, 0.15) is 71.5 Å². The van der Waals surface area contributed by atoms with Crippen molar-refractivity contribution >= 4 is 11.0 Å². The van der Waals surface area contributed by atoms with Gasteiger partial charge < -0.3 is 69.7 Å². The van der Waals surface area contributed by atoms with Crippen LogP contribution in [0.1, 0.15) is 18.6 Å². The van der Waals surface area contributed by atoms with Crippen LogP contribution in [0.5, 0.6) is 23.0 Å². The first-order chi connectivity index (χ1) is 19.8. The Morgan fingerprint density at radius 3 is 2.17 bits per heavy atom. The third-order valence-electron chi connectivity index (χ3n) is 7.51. The summed E-state index contributed by atoms with van der Waals surface area (Å²) < 4.78 is 22.9. The molecule has 3 heterocycles. The number of phenolic OH excluding ortho intramolecular Hbond substituents is 4. The van der Waals surface area contributed by atoms with Crippen LogP contribution in [0.25, 0.3) is 22.3 Å². The molecule has 10 N–H and O–H groups in total. The Balaban J connectivity index is 1.68. The first kappa shape index (κ1) is 30.0. The van der Waals surface area contributed by atoms with Gasteiger partial charge in [-0.25, -0.2) is 0 Å². The molecule has 10 atom stereocenters. The molecule has 15 heteroatoms. The highest BCUT2D eigenvalue weighted by molar-refractivity contribution is 5.89. The van der Waals surface area contributed by atoms with Gasteiger partial charge in [0, 0.05) is 17.7 Å². The second-order valence-electron chi connectivity index (χ2n) is 10.3. The molecule has 2 aromatic carbocycles. The second-order valence-corrected chi connectivity index (χ2v) is 10.3. The monoisotopic (exact) mass is 594 g/mol. The van der Waals surface area contributed by atoms with Gasteiger partial charge in [0.2, 0.25) is 0 Å². The summed E-state index contributed by atoms with van der Waals surface area (Å²) in [5.41, 5.74) is -1.53. The van der Waals surface area contributed by atoms with Crippen LogP contribution in [0, 0.1) is 0 Å². The standard InChI is InChI=1S/C27H30O15/c1-8-19(34)21(36)23(38)27(39-8)42-26-22(37)20(35)16(7-28)41-25(26)18-13(32)5-12(31)17-14(33)6-15(40-24(17)18)9-2-3-10(29)11(30)4-9/h2-6,8,16,19-23,25-32,34-38H,7H2,1H3/t8-,16+,19-,20+,21+,22-,23+,25-,26+,27-/m0/s1. The van der Waals surface area contributed by atoms with Crippen molar-refractivity contribution in [3.63, 3.8) is 0 Å². The maximum atomic E-state index is 13.2. The van der Waals surface area contributed by atoms with Crippen LogP contribution in [-0.2, 0) is 14.2 Å². The number of hydrogen-bond donors (Lipinski definition) is 10. The van der Waals surface area contributed by atoms with Crippen molar-refractivity contribution in [1.29, 1.82) is 0 Å². The molecule has 1 aromatic heterocycles. The average molecular weight is 595 g/mol. The van der Waals surface area contributed by atoms with E-state index in [4.69, 9.17) is 18.6 Å². The van der Waals surface area contributed by atoms with Gasteiger partial charge >= 0.3 is 0 Å². The number of aliphatic hydroxyl groups excluding tert-OH is 6. The molecule has 2 aliphatic heterocycles. The Morgan fingerprint density at radius 2 is 1.50 bits per heavy atom. The van der Waals surface area contributed by atoms with E-state index >= 15 is 0 Å². The van der Waals surface area contributed by atoms with Crippen molar-refractivity contribution in [3.05, 3.63) is 46.1 Å². The lowest BCUT2D eigenvalue weighted by atomic mass is 9.89. The van der Waals surface area contributed by atoms with Crippen LogP contribution in [-0.4, -0.2) is 113 Å². The first-order valence-electron chi connectivity index (χ1n) is 12.9. The molecule has 42 heavy (non-hydrogen) atoms. The normalized spacial score (nSPS) is 33.6. The van der Waals surface area contributed by atoms with Gasteiger partial charge in [-0.1, -0.05) is 0 Å². The number of aromatic hydroxyl groups is 4. The maximum Gasteiger partial charge on any atom is 0.197 e. The Hall–Kier alpha value is -3.51. The number of hydrogen-bond acceptors (Lipinski definition) is 15.